The van der Waals surface area contributed by atoms with Gasteiger partial charge < -0.3 is 14.2 Å². The molecule has 9 nitrogen and oxygen atoms in total. The van der Waals surface area contributed by atoms with Gasteiger partial charge in [0.25, 0.3) is 10.5 Å². The van der Waals surface area contributed by atoms with Crippen molar-refractivity contribution in [3.8, 4) is 11.5 Å². The summed E-state index contributed by atoms with van der Waals surface area (Å²) in [7, 11) is 0. The Labute approximate surface area is 166 Å². The Morgan fingerprint density at radius 3 is 2.71 bits per heavy atom. The number of pyridine rings is 1. The van der Waals surface area contributed by atoms with E-state index in [1.54, 1.807) is 16.8 Å². The van der Waals surface area contributed by atoms with Crippen LogP contribution in [0, 0.1) is 15.0 Å². The summed E-state index contributed by atoms with van der Waals surface area (Å²) >= 11 is 5.30. The number of hydrogen-bond acceptors (Lipinski definition) is 6. The Kier molecular flexibility index (Phi) is 5.13. The number of nitro benzene ring substituents is 1. The van der Waals surface area contributed by atoms with Crippen LogP contribution in [0.2, 0.25) is 0 Å². The molecule has 0 radical (unpaired) electrons. The molecule has 0 bridgehead atoms. The first-order valence-electron chi connectivity index (χ1n) is 8.97. The maximum atomic E-state index is 11.0. The average molecular weight is 400 g/mol. The van der Waals surface area contributed by atoms with Crippen LogP contribution in [-0.4, -0.2) is 40.9 Å². The second-order valence-corrected chi connectivity index (χ2v) is 6.98. The van der Waals surface area contributed by atoms with E-state index in [1.165, 1.54) is 22.7 Å². The van der Waals surface area contributed by atoms with Crippen molar-refractivity contribution in [2.24, 2.45) is 0 Å². The van der Waals surface area contributed by atoms with Crippen LogP contribution in [0.25, 0.3) is 11.5 Å². The monoisotopic (exact) mass is 400 g/mol. The highest BCUT2D eigenvalue weighted by Crippen LogP contribution is 2.22. The number of nitrogens with one attached hydrogen (secondary N) is 2. The highest BCUT2D eigenvalue weighted by molar-refractivity contribution is 7.71. The molecule has 0 atom stereocenters. The number of rotatable bonds is 5. The maximum Gasteiger partial charge on any atom is 0.292 e. The summed E-state index contributed by atoms with van der Waals surface area (Å²) in [5.41, 5.74) is 1.75. The summed E-state index contributed by atoms with van der Waals surface area (Å²) in [6, 6.07) is 10.4. The van der Waals surface area contributed by atoms with Crippen LogP contribution in [0.15, 0.2) is 53.2 Å². The first-order chi connectivity index (χ1) is 13.6. The van der Waals surface area contributed by atoms with Gasteiger partial charge in [0.1, 0.15) is 0 Å². The molecular weight excluding hydrogens is 380 g/mol. The summed E-state index contributed by atoms with van der Waals surface area (Å²) in [5, 5.41) is 15.4. The molecule has 2 N–H and O–H groups in total. The molecule has 1 aromatic carbocycles. The minimum absolute atomic E-state index is 0.00609. The summed E-state index contributed by atoms with van der Waals surface area (Å²) in [6.07, 6.45) is 3.86. The van der Waals surface area contributed by atoms with Gasteiger partial charge in [-0.25, -0.2) is 4.98 Å². The van der Waals surface area contributed by atoms with E-state index in [4.69, 9.17) is 16.6 Å². The van der Waals surface area contributed by atoms with E-state index >= 15 is 0 Å². The number of nitrogens with zero attached hydrogens (tertiary/aromatic N) is 4. The molecule has 144 valence electrons. The second kappa shape index (κ2) is 7.87. The van der Waals surface area contributed by atoms with Crippen molar-refractivity contribution >= 4 is 23.6 Å². The van der Waals surface area contributed by atoms with Crippen molar-refractivity contribution < 1.29 is 19.2 Å². The number of H-pyrrole nitrogens is 1. The van der Waals surface area contributed by atoms with Crippen LogP contribution < -0.4 is 14.8 Å². The molecule has 0 aliphatic carbocycles. The molecule has 1 fully saturated rings. The maximum absolute atomic E-state index is 11.0. The lowest BCUT2D eigenvalue weighted by molar-refractivity contribution is -0.924. The normalized spacial score (nSPS) is 14.9. The zero-order chi connectivity index (χ0) is 19.5. The summed E-state index contributed by atoms with van der Waals surface area (Å²) in [5.74, 6) is 0.298. The largest absolute Gasteiger partial charge is 0.409 e. The van der Waals surface area contributed by atoms with Crippen molar-refractivity contribution in [2.45, 2.75) is 6.67 Å². The van der Waals surface area contributed by atoms with Gasteiger partial charge in [-0.1, -0.05) is 6.07 Å². The van der Waals surface area contributed by atoms with E-state index in [0.717, 1.165) is 26.2 Å². The van der Waals surface area contributed by atoms with Gasteiger partial charge in [0.2, 0.25) is 5.89 Å². The van der Waals surface area contributed by atoms with E-state index in [0.29, 0.717) is 18.1 Å². The molecule has 1 aliphatic rings. The molecule has 28 heavy (non-hydrogen) atoms. The molecule has 10 heteroatoms. The number of nitro groups is 1. The Bertz CT molecular complexity index is 1030. The zero-order valence-corrected chi connectivity index (χ0v) is 15.9. The highest BCUT2D eigenvalue weighted by Gasteiger charge is 2.22. The molecule has 0 spiro atoms. The van der Waals surface area contributed by atoms with Gasteiger partial charge in [0.15, 0.2) is 19.1 Å². The number of aromatic nitrogens is 3. The molecular formula is C18H20N6O3S+2. The molecule has 1 saturated heterocycles. The molecule has 3 heterocycles. The van der Waals surface area contributed by atoms with Crippen molar-refractivity contribution in [3.63, 3.8) is 0 Å². The third kappa shape index (κ3) is 3.92. The van der Waals surface area contributed by atoms with Crippen LogP contribution >= 0.6 is 12.2 Å². The predicted molar refractivity (Wildman–Crippen MR) is 103 cm³/mol. The van der Waals surface area contributed by atoms with Crippen LogP contribution in [0.4, 0.5) is 11.4 Å². The number of non-ortho nitro benzene ring substituents is 1. The van der Waals surface area contributed by atoms with Crippen LogP contribution in [0.1, 0.15) is 0 Å². The Hall–Kier alpha value is -3.11. The lowest BCUT2D eigenvalue weighted by Gasteiger charge is -2.32. The predicted octanol–water partition coefficient (Wildman–Crippen LogP) is 0.957. The van der Waals surface area contributed by atoms with Crippen LogP contribution in [0.3, 0.4) is 0 Å². The number of aromatic amines is 1. The van der Waals surface area contributed by atoms with Gasteiger partial charge >= 0.3 is 0 Å². The molecule has 1 aliphatic heterocycles. The van der Waals surface area contributed by atoms with Gasteiger partial charge in [-0.15, -0.1) is 5.10 Å². The highest BCUT2D eigenvalue weighted by atomic mass is 32.1. The fourth-order valence-corrected chi connectivity index (χ4v) is 3.50. The Balaban J connectivity index is 1.43. The number of anilines is 1. The zero-order valence-electron chi connectivity index (χ0n) is 15.1. The van der Waals surface area contributed by atoms with Crippen molar-refractivity contribution in [1.82, 2.24) is 9.78 Å². The van der Waals surface area contributed by atoms with E-state index in [-0.39, 0.29) is 10.5 Å². The fraction of sp³-hybridized carbons (Fsp3) is 0.278. The molecule has 0 amide bonds. The van der Waals surface area contributed by atoms with Crippen molar-refractivity contribution in [2.75, 3.05) is 31.1 Å². The average Bonchev–Trinajstić information content (AvgIpc) is 3.10. The summed E-state index contributed by atoms with van der Waals surface area (Å²) in [4.78, 5) is 17.6. The summed E-state index contributed by atoms with van der Waals surface area (Å²) in [6.45, 7) is 4.41. The van der Waals surface area contributed by atoms with Gasteiger partial charge in [0, 0.05) is 35.5 Å². The van der Waals surface area contributed by atoms with Crippen molar-refractivity contribution in [3.05, 3.63) is 63.7 Å². The number of quaternary nitrogens is 1. The van der Waals surface area contributed by atoms with Crippen LogP contribution in [-0.2, 0) is 6.67 Å². The van der Waals surface area contributed by atoms with E-state index < -0.39 is 4.92 Å². The second-order valence-electron chi connectivity index (χ2n) is 6.63. The molecule has 0 saturated carbocycles. The van der Waals surface area contributed by atoms with E-state index in [9.17, 15) is 10.1 Å². The van der Waals surface area contributed by atoms with Gasteiger partial charge in [0.05, 0.1) is 31.1 Å². The van der Waals surface area contributed by atoms with Crippen LogP contribution in [0.5, 0.6) is 0 Å². The minimum atomic E-state index is -0.441. The van der Waals surface area contributed by atoms with Gasteiger partial charge in [-0.05, 0) is 18.3 Å². The number of hydrogen-bond donors (Lipinski definition) is 1. The number of piperazine rings is 1. The first kappa shape index (κ1) is 18.3. The Morgan fingerprint density at radius 2 is 2.00 bits per heavy atom. The smallest absolute Gasteiger partial charge is 0.292 e. The SMILES string of the molecule is O=[N+]([O-])c1cccc(-c2nn(C[NH+]3CCN(c4cc[nH+]cc4)CC3)c(=S)o2)c1. The standard InChI is InChI=1S/C18H18N6O3S/c25-24(26)16-3-1-2-14(12-16)17-20-23(18(28)27-17)13-21-8-10-22(11-9-21)15-4-6-19-7-5-15/h1-7,12H,8-11,13H2/p+2. The van der Waals surface area contributed by atoms with E-state index in [2.05, 4.69) is 27.1 Å². The fourth-order valence-electron chi connectivity index (χ4n) is 3.32. The van der Waals surface area contributed by atoms with Gasteiger partial charge in [-0.2, -0.15) is 4.68 Å². The summed E-state index contributed by atoms with van der Waals surface area (Å²) < 4.78 is 7.24. The van der Waals surface area contributed by atoms with Crippen molar-refractivity contribution in [1.29, 1.82) is 0 Å². The minimum Gasteiger partial charge on any atom is -0.409 e. The Morgan fingerprint density at radius 1 is 1.25 bits per heavy atom. The topological polar surface area (TPSA) is 95.9 Å². The lowest BCUT2D eigenvalue weighted by Crippen LogP contribution is -3.14. The first-order valence-corrected chi connectivity index (χ1v) is 9.38. The number of benzene rings is 1. The van der Waals surface area contributed by atoms with Gasteiger partial charge in [-0.3, -0.25) is 10.1 Å². The molecule has 2 aromatic heterocycles. The molecule has 4 rings (SSSR count). The molecule has 0 unspecified atom stereocenters. The van der Waals surface area contributed by atoms with E-state index in [1.807, 2.05) is 12.4 Å². The lowest BCUT2D eigenvalue weighted by atomic mass is 10.2. The quantitative estimate of drug-likeness (QED) is 0.389. The third-order valence-corrected chi connectivity index (χ3v) is 5.11. The third-order valence-electron chi connectivity index (χ3n) is 4.82. The molecule has 3 aromatic rings.